The Balaban J connectivity index is 1.48. The first kappa shape index (κ1) is 28.7. The Morgan fingerprint density at radius 2 is 1.90 bits per heavy atom. The molecule has 2 amide bonds. The van der Waals surface area contributed by atoms with Crippen molar-refractivity contribution in [3.05, 3.63) is 71.3 Å². The Morgan fingerprint density at radius 1 is 1.15 bits per heavy atom. The monoisotopic (exact) mass is 572 g/mol. The van der Waals surface area contributed by atoms with Crippen LogP contribution in [0.15, 0.2) is 60.0 Å². The van der Waals surface area contributed by atoms with Crippen molar-refractivity contribution in [2.24, 2.45) is 5.92 Å². The quantitative estimate of drug-likeness (QED) is 0.384. The minimum absolute atomic E-state index is 0.0487. The summed E-state index contributed by atoms with van der Waals surface area (Å²) in [5.41, 5.74) is 2.39. The van der Waals surface area contributed by atoms with E-state index < -0.39 is 28.0 Å². The highest BCUT2D eigenvalue weighted by molar-refractivity contribution is 7.89. The van der Waals surface area contributed by atoms with Crippen LogP contribution >= 0.6 is 11.6 Å². The van der Waals surface area contributed by atoms with E-state index in [4.69, 9.17) is 11.6 Å². The standard InChI is InChI=1S/C27H33ClN6O4S/c1-18(2)13-23(32-39(37,38)22-9-6-19(3)7-10-22)27(36)33-12-4-5-25(33)26(35)30-15-20-14-21(28)8-11-24(20)34-17-29-16-31-34/h6-11,14,16-18,23,25,32H,4-5,12-13,15H2,1-3H3,(H,30,35)/t23-,25-/m0/s1. The summed E-state index contributed by atoms with van der Waals surface area (Å²) in [6.45, 7) is 6.26. The molecule has 39 heavy (non-hydrogen) atoms. The average Bonchev–Trinajstić information content (AvgIpc) is 3.59. The average molecular weight is 573 g/mol. The molecule has 0 aliphatic carbocycles. The number of nitrogens with one attached hydrogen (secondary N) is 2. The fourth-order valence-corrected chi connectivity index (χ4v) is 6.10. The Labute approximate surface area is 233 Å². The molecule has 10 nitrogen and oxygen atoms in total. The zero-order valence-electron chi connectivity index (χ0n) is 22.2. The van der Waals surface area contributed by atoms with Gasteiger partial charge in [-0.05, 0) is 68.0 Å². The summed E-state index contributed by atoms with van der Waals surface area (Å²) in [5, 5.41) is 7.59. The van der Waals surface area contributed by atoms with E-state index in [9.17, 15) is 18.0 Å². The number of amides is 2. The number of hydrogen-bond acceptors (Lipinski definition) is 6. The summed E-state index contributed by atoms with van der Waals surface area (Å²) in [5.74, 6) is -0.661. The van der Waals surface area contributed by atoms with E-state index in [1.165, 1.54) is 23.4 Å². The number of sulfonamides is 1. The number of nitrogens with zero attached hydrogens (tertiary/aromatic N) is 4. The van der Waals surface area contributed by atoms with Gasteiger partial charge in [-0.2, -0.15) is 9.82 Å². The van der Waals surface area contributed by atoms with Gasteiger partial charge < -0.3 is 10.2 Å². The van der Waals surface area contributed by atoms with Gasteiger partial charge in [0, 0.05) is 18.1 Å². The Hall–Kier alpha value is -3.28. The maximum absolute atomic E-state index is 13.7. The molecule has 0 spiro atoms. The lowest BCUT2D eigenvalue weighted by Crippen LogP contribution is -2.53. The molecule has 1 aliphatic rings. The van der Waals surface area contributed by atoms with Crippen LogP contribution < -0.4 is 10.0 Å². The van der Waals surface area contributed by atoms with Gasteiger partial charge in [0.25, 0.3) is 0 Å². The van der Waals surface area contributed by atoms with Gasteiger partial charge in [-0.25, -0.2) is 18.1 Å². The topological polar surface area (TPSA) is 126 Å². The van der Waals surface area contributed by atoms with Crippen LogP contribution in [0.5, 0.6) is 0 Å². The van der Waals surface area contributed by atoms with E-state index in [2.05, 4.69) is 20.1 Å². The number of hydrogen-bond donors (Lipinski definition) is 2. The molecular weight excluding hydrogens is 540 g/mol. The number of carbonyl (C=O) groups is 2. The lowest BCUT2D eigenvalue weighted by Gasteiger charge is -2.29. The molecule has 0 unspecified atom stereocenters. The van der Waals surface area contributed by atoms with Gasteiger partial charge in [0.15, 0.2) is 0 Å². The molecule has 2 aromatic carbocycles. The van der Waals surface area contributed by atoms with Gasteiger partial charge in [0.05, 0.1) is 10.6 Å². The zero-order chi connectivity index (χ0) is 28.2. The first-order valence-corrected chi connectivity index (χ1v) is 14.7. The molecule has 12 heteroatoms. The molecule has 2 N–H and O–H groups in total. The van der Waals surface area contributed by atoms with Crippen LogP contribution in [0, 0.1) is 12.8 Å². The van der Waals surface area contributed by atoms with Crippen molar-refractivity contribution in [2.75, 3.05) is 6.54 Å². The summed E-state index contributed by atoms with van der Waals surface area (Å²) in [6.07, 6.45) is 4.41. The van der Waals surface area contributed by atoms with Crippen molar-refractivity contribution in [2.45, 2.75) is 63.6 Å². The van der Waals surface area contributed by atoms with Gasteiger partial charge in [-0.3, -0.25) is 9.59 Å². The zero-order valence-corrected chi connectivity index (χ0v) is 23.7. The van der Waals surface area contributed by atoms with Gasteiger partial charge in [0.2, 0.25) is 21.8 Å². The van der Waals surface area contributed by atoms with E-state index in [0.29, 0.717) is 30.8 Å². The van der Waals surface area contributed by atoms with E-state index in [1.807, 2.05) is 20.8 Å². The van der Waals surface area contributed by atoms with E-state index in [0.717, 1.165) is 16.8 Å². The molecule has 1 aliphatic heterocycles. The van der Waals surface area contributed by atoms with Gasteiger partial charge in [-0.15, -0.1) is 0 Å². The minimum atomic E-state index is -3.93. The second-order valence-corrected chi connectivity index (χ2v) is 12.3. The number of rotatable bonds is 10. The molecule has 0 radical (unpaired) electrons. The third-order valence-electron chi connectivity index (χ3n) is 6.63. The SMILES string of the molecule is Cc1ccc(S(=O)(=O)N[C@@H](CC(C)C)C(=O)N2CCC[C@H]2C(=O)NCc2cc(Cl)ccc2-n2cncn2)cc1. The highest BCUT2D eigenvalue weighted by Crippen LogP contribution is 2.23. The lowest BCUT2D eigenvalue weighted by atomic mass is 10.0. The molecule has 1 saturated heterocycles. The lowest BCUT2D eigenvalue weighted by molar-refractivity contribution is -0.140. The van der Waals surface area contributed by atoms with E-state index >= 15 is 0 Å². The second-order valence-electron chi connectivity index (χ2n) is 10.1. The molecule has 208 valence electrons. The highest BCUT2D eigenvalue weighted by atomic mass is 35.5. The van der Waals surface area contributed by atoms with Crippen molar-refractivity contribution in [3.63, 3.8) is 0 Å². The number of carbonyl (C=O) groups excluding carboxylic acids is 2. The third kappa shape index (κ3) is 7.03. The summed E-state index contributed by atoms with van der Waals surface area (Å²) in [7, 11) is -3.93. The molecule has 2 heterocycles. The fraction of sp³-hybridized carbons (Fsp3) is 0.407. The molecule has 0 bridgehead atoms. The number of likely N-dealkylation sites (tertiary alicyclic amines) is 1. The van der Waals surface area contributed by atoms with Crippen LogP contribution in [0.3, 0.4) is 0 Å². The number of aromatic nitrogens is 3. The first-order valence-electron chi connectivity index (χ1n) is 12.9. The van der Waals surface area contributed by atoms with Gasteiger partial charge >= 0.3 is 0 Å². The Bertz CT molecular complexity index is 1410. The highest BCUT2D eigenvalue weighted by Gasteiger charge is 2.38. The number of benzene rings is 2. The summed E-state index contributed by atoms with van der Waals surface area (Å²) >= 11 is 6.20. The maximum atomic E-state index is 13.7. The molecule has 1 aromatic heterocycles. The van der Waals surface area contributed by atoms with Crippen LogP contribution in [0.1, 0.15) is 44.2 Å². The number of aryl methyl sites for hydroxylation is 1. The maximum Gasteiger partial charge on any atom is 0.243 e. The predicted octanol–water partition coefficient (Wildman–Crippen LogP) is 3.23. The molecule has 4 rings (SSSR count). The van der Waals surface area contributed by atoms with Crippen molar-refractivity contribution >= 4 is 33.4 Å². The molecule has 2 atom stereocenters. The summed E-state index contributed by atoms with van der Waals surface area (Å²) in [6, 6.07) is 10.0. The van der Waals surface area contributed by atoms with Gasteiger partial charge in [-0.1, -0.05) is 43.1 Å². The van der Waals surface area contributed by atoms with Crippen molar-refractivity contribution < 1.29 is 18.0 Å². The third-order valence-corrected chi connectivity index (χ3v) is 8.36. The summed E-state index contributed by atoms with van der Waals surface area (Å²) in [4.78, 5) is 32.5. The smallest absolute Gasteiger partial charge is 0.243 e. The van der Waals surface area contributed by atoms with Crippen LogP contribution in [-0.4, -0.2) is 58.5 Å². The first-order chi connectivity index (χ1) is 18.5. The summed E-state index contributed by atoms with van der Waals surface area (Å²) < 4.78 is 30.4. The van der Waals surface area contributed by atoms with Gasteiger partial charge in [0.1, 0.15) is 24.7 Å². The van der Waals surface area contributed by atoms with Crippen molar-refractivity contribution in [3.8, 4) is 5.69 Å². The molecule has 3 aromatic rings. The molecule has 1 fully saturated rings. The largest absolute Gasteiger partial charge is 0.350 e. The van der Waals surface area contributed by atoms with Crippen molar-refractivity contribution in [1.82, 2.24) is 29.7 Å². The normalized spacial score (nSPS) is 16.4. The minimum Gasteiger partial charge on any atom is -0.350 e. The van der Waals surface area contributed by atoms with Crippen LogP contribution in [0.25, 0.3) is 5.69 Å². The molecule has 0 saturated carbocycles. The fourth-order valence-electron chi connectivity index (χ4n) is 4.70. The van der Waals surface area contributed by atoms with Crippen molar-refractivity contribution in [1.29, 1.82) is 0 Å². The number of halogens is 1. The van der Waals surface area contributed by atoms with E-state index in [-0.39, 0.29) is 23.3 Å². The second kappa shape index (κ2) is 12.3. The van der Waals surface area contributed by atoms with Crippen LogP contribution in [-0.2, 0) is 26.2 Å². The Morgan fingerprint density at radius 3 is 2.56 bits per heavy atom. The molecular formula is C27H33ClN6O4S. The van der Waals surface area contributed by atoms with Crippen LogP contribution in [0.2, 0.25) is 5.02 Å². The Kier molecular flexibility index (Phi) is 9.04. The predicted molar refractivity (Wildman–Crippen MR) is 148 cm³/mol. The van der Waals surface area contributed by atoms with Crippen LogP contribution in [0.4, 0.5) is 0 Å². The van der Waals surface area contributed by atoms with E-state index in [1.54, 1.807) is 41.3 Å².